The second-order valence-corrected chi connectivity index (χ2v) is 10.2. The fraction of sp³-hybridized carbons (Fsp3) is 0.654. The van der Waals surface area contributed by atoms with E-state index in [1.807, 2.05) is 18.2 Å². The smallest absolute Gasteiger partial charge is 0.255 e. The third-order valence-electron chi connectivity index (χ3n) is 8.09. The molecular weight excluding hydrogens is 434 g/mol. The van der Waals surface area contributed by atoms with Gasteiger partial charge in [-0.3, -0.25) is 24.6 Å². The number of ether oxygens (including phenoxy) is 2. The van der Waals surface area contributed by atoms with Gasteiger partial charge in [-0.2, -0.15) is 0 Å². The highest BCUT2D eigenvalue weighted by Crippen LogP contribution is 2.35. The molecule has 1 aromatic rings. The van der Waals surface area contributed by atoms with Crippen LogP contribution >= 0.6 is 0 Å². The van der Waals surface area contributed by atoms with Crippen molar-refractivity contribution in [1.82, 2.24) is 15.1 Å². The zero-order valence-corrected chi connectivity index (χ0v) is 20.1. The molecule has 8 heteroatoms. The number of fused-ring (bicyclic) bond motifs is 1. The highest BCUT2D eigenvalue weighted by Gasteiger charge is 2.40. The summed E-state index contributed by atoms with van der Waals surface area (Å²) in [5.74, 6) is 0.680. The molecule has 4 aliphatic rings. The van der Waals surface area contributed by atoms with Gasteiger partial charge in [0.2, 0.25) is 11.8 Å². The van der Waals surface area contributed by atoms with Gasteiger partial charge in [0.15, 0.2) is 0 Å². The van der Waals surface area contributed by atoms with Crippen molar-refractivity contribution in [3.63, 3.8) is 0 Å². The first-order valence-corrected chi connectivity index (χ1v) is 12.7. The molecule has 8 nitrogen and oxygen atoms in total. The summed E-state index contributed by atoms with van der Waals surface area (Å²) in [4.78, 5) is 40.9. The van der Waals surface area contributed by atoms with Crippen LogP contribution in [0.3, 0.4) is 0 Å². The summed E-state index contributed by atoms with van der Waals surface area (Å²) < 4.78 is 12.0. The van der Waals surface area contributed by atoms with Crippen LogP contribution in [-0.2, 0) is 20.9 Å². The number of benzene rings is 1. The summed E-state index contributed by atoms with van der Waals surface area (Å²) in [6.45, 7) is 4.71. The summed E-state index contributed by atoms with van der Waals surface area (Å²) in [6.07, 6.45) is 6.82. The average Bonchev–Trinajstić information content (AvgIpc) is 3.37. The lowest BCUT2D eigenvalue weighted by Gasteiger charge is -2.40. The Balaban J connectivity index is 1.23. The third kappa shape index (κ3) is 4.45. The van der Waals surface area contributed by atoms with Crippen LogP contribution in [0.2, 0.25) is 0 Å². The lowest BCUT2D eigenvalue weighted by atomic mass is 9.81. The van der Waals surface area contributed by atoms with Crippen LogP contribution in [0.4, 0.5) is 0 Å². The van der Waals surface area contributed by atoms with Gasteiger partial charge in [-0.15, -0.1) is 0 Å². The van der Waals surface area contributed by atoms with E-state index in [1.54, 1.807) is 12.0 Å². The highest BCUT2D eigenvalue weighted by atomic mass is 16.5. The van der Waals surface area contributed by atoms with E-state index in [2.05, 4.69) is 17.1 Å². The average molecular weight is 470 g/mol. The summed E-state index contributed by atoms with van der Waals surface area (Å²) in [7, 11) is 1.80. The number of piperidine rings is 1. The Morgan fingerprint density at radius 3 is 2.71 bits per heavy atom. The fourth-order valence-corrected chi connectivity index (χ4v) is 6.11. The SMILES string of the molecule is CCN(C[C@H]1C[C@H](OC)C1)C1CCCC1Oc1ccc2c(c1)CN(C1CCC(=O)NC1=O)C2=O. The number of carbonyl (C=O) groups is 3. The number of amides is 3. The molecule has 5 rings (SSSR count). The predicted octanol–water partition coefficient (Wildman–Crippen LogP) is 2.49. The lowest BCUT2D eigenvalue weighted by Crippen LogP contribution is -2.52. The van der Waals surface area contributed by atoms with Gasteiger partial charge in [-0.1, -0.05) is 6.92 Å². The van der Waals surface area contributed by atoms with Gasteiger partial charge >= 0.3 is 0 Å². The molecule has 3 amide bonds. The first kappa shape index (κ1) is 23.3. The predicted molar refractivity (Wildman–Crippen MR) is 125 cm³/mol. The number of nitrogens with one attached hydrogen (secondary N) is 1. The molecular formula is C26H35N3O5. The largest absolute Gasteiger partial charge is 0.489 e. The molecule has 0 aromatic heterocycles. The van der Waals surface area contributed by atoms with Crippen LogP contribution in [-0.4, -0.2) is 72.0 Å². The lowest BCUT2D eigenvalue weighted by molar-refractivity contribution is -0.136. The van der Waals surface area contributed by atoms with Crippen LogP contribution in [0.5, 0.6) is 5.75 Å². The quantitative estimate of drug-likeness (QED) is 0.589. The van der Waals surface area contributed by atoms with Crippen molar-refractivity contribution in [3.8, 4) is 5.75 Å². The number of methoxy groups -OCH3 is 1. The van der Waals surface area contributed by atoms with Gasteiger partial charge in [-0.05, 0) is 74.8 Å². The minimum Gasteiger partial charge on any atom is -0.489 e. The number of rotatable bonds is 8. The van der Waals surface area contributed by atoms with Crippen molar-refractivity contribution >= 4 is 17.7 Å². The van der Waals surface area contributed by atoms with E-state index in [0.717, 1.165) is 56.5 Å². The van der Waals surface area contributed by atoms with E-state index in [1.165, 1.54) is 0 Å². The number of likely N-dealkylation sites (N-methyl/N-ethyl adjacent to an activating group) is 1. The van der Waals surface area contributed by atoms with Crippen molar-refractivity contribution in [2.24, 2.45) is 5.92 Å². The van der Waals surface area contributed by atoms with E-state index in [-0.39, 0.29) is 30.2 Å². The summed E-state index contributed by atoms with van der Waals surface area (Å²) in [5, 5.41) is 2.35. The minimum absolute atomic E-state index is 0.139. The second-order valence-electron chi connectivity index (χ2n) is 10.2. The molecule has 2 saturated carbocycles. The highest BCUT2D eigenvalue weighted by molar-refractivity contribution is 6.05. The Labute approximate surface area is 200 Å². The standard InChI is InChI=1S/C26H35N3O5/c1-3-28(14-16-11-19(12-16)33-2)21-5-4-6-23(21)34-18-7-8-20-17(13-18)15-29(26(20)32)22-9-10-24(30)27-25(22)31/h7-8,13,16,19,21-23H,3-6,9-12,14-15H2,1-2H3,(H,27,30,31)/t16-,19-,21?,22?,23?. The summed E-state index contributed by atoms with van der Waals surface area (Å²) in [5.41, 5.74) is 1.50. The van der Waals surface area contributed by atoms with Gasteiger partial charge in [0.05, 0.1) is 6.10 Å². The zero-order valence-electron chi connectivity index (χ0n) is 20.1. The van der Waals surface area contributed by atoms with E-state index in [0.29, 0.717) is 36.6 Å². The van der Waals surface area contributed by atoms with E-state index in [4.69, 9.17) is 9.47 Å². The first-order valence-electron chi connectivity index (χ1n) is 12.7. The van der Waals surface area contributed by atoms with Crippen molar-refractivity contribution in [2.45, 2.75) is 82.7 Å². The molecule has 3 unspecified atom stereocenters. The van der Waals surface area contributed by atoms with Crippen molar-refractivity contribution < 1.29 is 23.9 Å². The van der Waals surface area contributed by atoms with Crippen LogP contribution in [0, 0.1) is 5.92 Å². The molecule has 3 atom stereocenters. The summed E-state index contributed by atoms with van der Waals surface area (Å²) >= 11 is 0. The Bertz CT molecular complexity index is 960. The molecule has 2 heterocycles. The van der Waals surface area contributed by atoms with Gasteiger partial charge in [0.25, 0.3) is 5.91 Å². The molecule has 1 aromatic carbocycles. The van der Waals surface area contributed by atoms with Crippen LogP contribution in [0.15, 0.2) is 18.2 Å². The molecule has 2 aliphatic carbocycles. The Morgan fingerprint density at radius 2 is 1.97 bits per heavy atom. The van der Waals surface area contributed by atoms with Gasteiger partial charge in [0.1, 0.15) is 17.9 Å². The number of hydrogen-bond donors (Lipinski definition) is 1. The molecule has 184 valence electrons. The fourth-order valence-electron chi connectivity index (χ4n) is 6.11. The number of nitrogens with zero attached hydrogens (tertiary/aromatic N) is 2. The van der Waals surface area contributed by atoms with Crippen molar-refractivity contribution in [2.75, 3.05) is 20.2 Å². The van der Waals surface area contributed by atoms with E-state index < -0.39 is 6.04 Å². The molecule has 1 saturated heterocycles. The Hall–Kier alpha value is -2.45. The molecule has 2 aliphatic heterocycles. The molecule has 0 radical (unpaired) electrons. The topological polar surface area (TPSA) is 88.2 Å². The first-order chi connectivity index (χ1) is 16.5. The molecule has 34 heavy (non-hydrogen) atoms. The normalized spacial score (nSPS) is 31.0. The maximum absolute atomic E-state index is 12.9. The second kappa shape index (κ2) is 9.66. The Morgan fingerprint density at radius 1 is 1.15 bits per heavy atom. The molecule has 3 fully saturated rings. The number of hydrogen-bond acceptors (Lipinski definition) is 6. The molecule has 1 N–H and O–H groups in total. The van der Waals surface area contributed by atoms with Crippen molar-refractivity contribution in [3.05, 3.63) is 29.3 Å². The van der Waals surface area contributed by atoms with Crippen LogP contribution < -0.4 is 10.1 Å². The number of imide groups is 1. The third-order valence-corrected chi connectivity index (χ3v) is 8.09. The zero-order chi connectivity index (χ0) is 23.8. The van der Waals surface area contributed by atoms with Gasteiger partial charge < -0.3 is 14.4 Å². The summed E-state index contributed by atoms with van der Waals surface area (Å²) in [6, 6.07) is 5.47. The molecule has 0 bridgehead atoms. The molecule has 0 spiro atoms. The van der Waals surface area contributed by atoms with Crippen molar-refractivity contribution in [1.29, 1.82) is 0 Å². The number of carbonyl (C=O) groups excluding carboxylic acids is 3. The van der Waals surface area contributed by atoms with Gasteiger partial charge in [0, 0.05) is 38.2 Å². The van der Waals surface area contributed by atoms with Crippen LogP contribution in [0.1, 0.15) is 67.8 Å². The Kier molecular flexibility index (Phi) is 6.62. The van der Waals surface area contributed by atoms with Gasteiger partial charge in [-0.25, -0.2) is 0 Å². The van der Waals surface area contributed by atoms with E-state index >= 15 is 0 Å². The maximum Gasteiger partial charge on any atom is 0.255 e. The monoisotopic (exact) mass is 469 g/mol. The minimum atomic E-state index is -0.594. The van der Waals surface area contributed by atoms with E-state index in [9.17, 15) is 14.4 Å². The van der Waals surface area contributed by atoms with Crippen LogP contribution in [0.25, 0.3) is 0 Å². The maximum atomic E-state index is 12.9.